The first-order valence-corrected chi connectivity index (χ1v) is 12.7. The number of unbranched alkanes of at least 4 members (excludes halogenated alkanes) is 1. The maximum Gasteiger partial charge on any atom is 0.408 e. The molecule has 2 aromatic rings. The van der Waals surface area contributed by atoms with Gasteiger partial charge in [-0.05, 0) is 63.4 Å². The van der Waals surface area contributed by atoms with E-state index in [1.54, 1.807) is 39.0 Å². The number of benzene rings is 2. The molecule has 196 valence electrons. The third kappa shape index (κ3) is 8.48. The lowest BCUT2D eigenvalue weighted by molar-refractivity contribution is -0.140. The summed E-state index contributed by atoms with van der Waals surface area (Å²) in [6.07, 6.45) is 0.691. The van der Waals surface area contributed by atoms with Gasteiger partial charge in [-0.2, -0.15) is 12.6 Å². The van der Waals surface area contributed by atoms with E-state index in [0.717, 1.165) is 12.0 Å². The molecule has 0 aliphatic rings. The summed E-state index contributed by atoms with van der Waals surface area (Å²) in [7, 11) is 0. The molecule has 0 aliphatic carbocycles. The molecule has 0 fully saturated rings. The number of thiol groups is 1. The SMILES string of the molecule is CCCCN(C(=O)C(CS)NC(=O)OC(C)(C)C)C(C(=O)Nc1ccccc1C)c1ccc(O)cc1. The van der Waals surface area contributed by atoms with E-state index in [4.69, 9.17) is 4.74 Å². The quantitative estimate of drug-likeness (QED) is 0.339. The van der Waals surface area contributed by atoms with Crippen molar-refractivity contribution in [3.05, 3.63) is 59.7 Å². The van der Waals surface area contributed by atoms with E-state index in [1.807, 2.05) is 32.0 Å². The van der Waals surface area contributed by atoms with Gasteiger partial charge in [-0.25, -0.2) is 4.79 Å². The van der Waals surface area contributed by atoms with Crippen molar-refractivity contribution in [2.24, 2.45) is 0 Å². The van der Waals surface area contributed by atoms with E-state index in [1.165, 1.54) is 17.0 Å². The molecule has 36 heavy (non-hydrogen) atoms. The van der Waals surface area contributed by atoms with Gasteiger partial charge in [-0.15, -0.1) is 0 Å². The van der Waals surface area contributed by atoms with Crippen LogP contribution in [0.3, 0.4) is 0 Å². The summed E-state index contributed by atoms with van der Waals surface area (Å²) in [5.41, 5.74) is 1.30. The standard InChI is InChI=1S/C27H37N3O5S/c1-6-7-16-30(25(33)22(17-36)29-26(34)35-27(3,4)5)23(19-12-14-20(31)15-13-19)24(32)28-21-11-9-8-10-18(21)2/h8-15,22-23,31,36H,6-7,16-17H2,1-5H3,(H,28,32)(H,29,34). The Labute approximate surface area is 218 Å². The molecule has 0 spiro atoms. The van der Waals surface area contributed by atoms with Crippen molar-refractivity contribution in [3.8, 4) is 5.75 Å². The van der Waals surface area contributed by atoms with E-state index in [9.17, 15) is 19.5 Å². The van der Waals surface area contributed by atoms with Crippen molar-refractivity contribution < 1.29 is 24.2 Å². The number of phenolic OH excluding ortho intramolecular Hbond substituents is 1. The van der Waals surface area contributed by atoms with E-state index in [-0.39, 0.29) is 18.0 Å². The number of amides is 3. The summed E-state index contributed by atoms with van der Waals surface area (Å²) >= 11 is 4.29. The highest BCUT2D eigenvalue weighted by atomic mass is 32.1. The van der Waals surface area contributed by atoms with Crippen LogP contribution in [0.2, 0.25) is 0 Å². The molecule has 2 rings (SSSR count). The van der Waals surface area contributed by atoms with Gasteiger partial charge in [-0.3, -0.25) is 9.59 Å². The molecule has 0 saturated carbocycles. The average Bonchev–Trinajstić information content (AvgIpc) is 2.81. The van der Waals surface area contributed by atoms with Crippen molar-refractivity contribution in [1.29, 1.82) is 0 Å². The summed E-state index contributed by atoms with van der Waals surface area (Å²) in [5.74, 6) is -0.803. The maximum atomic E-state index is 13.8. The Balaban J connectivity index is 2.45. The number of carbonyl (C=O) groups is 3. The molecule has 2 unspecified atom stereocenters. The summed E-state index contributed by atoms with van der Waals surface area (Å²) in [6.45, 7) is 9.34. The third-order valence-electron chi connectivity index (χ3n) is 5.38. The van der Waals surface area contributed by atoms with Crippen LogP contribution in [0.5, 0.6) is 5.75 Å². The summed E-state index contributed by atoms with van der Waals surface area (Å²) < 4.78 is 5.32. The molecule has 0 radical (unpaired) electrons. The predicted octanol–water partition coefficient (Wildman–Crippen LogP) is 4.83. The number of aromatic hydroxyl groups is 1. The largest absolute Gasteiger partial charge is 0.508 e. The van der Waals surface area contributed by atoms with Gasteiger partial charge in [0.1, 0.15) is 23.4 Å². The van der Waals surface area contributed by atoms with Crippen LogP contribution in [-0.2, 0) is 14.3 Å². The van der Waals surface area contributed by atoms with Gasteiger partial charge >= 0.3 is 6.09 Å². The minimum Gasteiger partial charge on any atom is -0.508 e. The van der Waals surface area contributed by atoms with Gasteiger partial charge in [0.05, 0.1) is 0 Å². The molecule has 0 bridgehead atoms. The molecule has 3 N–H and O–H groups in total. The lowest BCUT2D eigenvalue weighted by atomic mass is 10.0. The van der Waals surface area contributed by atoms with Crippen molar-refractivity contribution >= 4 is 36.2 Å². The Morgan fingerprint density at radius 1 is 1.08 bits per heavy atom. The van der Waals surface area contributed by atoms with Gasteiger partial charge in [0.15, 0.2) is 0 Å². The molecular weight excluding hydrogens is 478 g/mol. The minimum absolute atomic E-state index is 0.0163. The molecule has 0 aliphatic heterocycles. The Morgan fingerprint density at radius 3 is 2.28 bits per heavy atom. The number of alkyl carbamates (subject to hydrolysis) is 1. The fourth-order valence-electron chi connectivity index (χ4n) is 3.57. The van der Waals surface area contributed by atoms with Crippen molar-refractivity contribution in [2.75, 3.05) is 17.6 Å². The third-order valence-corrected chi connectivity index (χ3v) is 5.74. The lowest BCUT2D eigenvalue weighted by Gasteiger charge is -2.34. The smallest absolute Gasteiger partial charge is 0.408 e. The highest BCUT2D eigenvalue weighted by molar-refractivity contribution is 7.80. The van der Waals surface area contributed by atoms with Gasteiger partial charge in [0.2, 0.25) is 5.91 Å². The molecule has 2 atom stereocenters. The molecule has 8 nitrogen and oxygen atoms in total. The van der Waals surface area contributed by atoms with Crippen LogP contribution in [-0.4, -0.2) is 51.9 Å². The Bertz CT molecular complexity index is 1040. The molecular formula is C27H37N3O5S. The van der Waals surface area contributed by atoms with Crippen LogP contribution < -0.4 is 10.6 Å². The summed E-state index contributed by atoms with van der Waals surface area (Å²) in [5, 5.41) is 15.3. The highest BCUT2D eigenvalue weighted by Gasteiger charge is 2.35. The van der Waals surface area contributed by atoms with Gasteiger partial charge in [0, 0.05) is 18.0 Å². The fraction of sp³-hybridized carbons (Fsp3) is 0.444. The van der Waals surface area contributed by atoms with Crippen molar-refractivity contribution in [3.63, 3.8) is 0 Å². The number of nitrogens with one attached hydrogen (secondary N) is 2. The number of anilines is 1. The number of aryl methyl sites for hydroxylation is 1. The molecule has 0 heterocycles. The summed E-state index contributed by atoms with van der Waals surface area (Å²) in [6, 6.07) is 11.5. The zero-order valence-electron chi connectivity index (χ0n) is 21.6. The van der Waals surface area contributed by atoms with Crippen LogP contribution in [0.25, 0.3) is 0 Å². The molecule has 0 aromatic heterocycles. The average molecular weight is 516 g/mol. The van der Waals surface area contributed by atoms with Gasteiger partial charge < -0.3 is 25.4 Å². The van der Waals surface area contributed by atoms with Crippen molar-refractivity contribution in [2.45, 2.75) is 65.1 Å². The second kappa shape index (κ2) is 13.2. The molecule has 0 saturated heterocycles. The van der Waals surface area contributed by atoms with Crippen molar-refractivity contribution in [1.82, 2.24) is 10.2 Å². The lowest BCUT2D eigenvalue weighted by Crippen LogP contribution is -2.53. The second-order valence-corrected chi connectivity index (χ2v) is 9.93. The van der Waals surface area contributed by atoms with Gasteiger partial charge in [0.25, 0.3) is 5.91 Å². The minimum atomic E-state index is -1.01. The maximum absolute atomic E-state index is 13.8. The Morgan fingerprint density at radius 2 is 1.72 bits per heavy atom. The first kappa shape index (κ1) is 29.0. The number of phenols is 1. The van der Waals surface area contributed by atoms with E-state index >= 15 is 0 Å². The first-order valence-electron chi connectivity index (χ1n) is 12.0. The zero-order chi connectivity index (χ0) is 26.9. The normalized spacial score (nSPS) is 12.8. The topological polar surface area (TPSA) is 108 Å². The van der Waals surface area contributed by atoms with E-state index < -0.39 is 35.6 Å². The van der Waals surface area contributed by atoms with E-state index in [2.05, 4.69) is 23.3 Å². The number of hydrogen-bond donors (Lipinski definition) is 4. The summed E-state index contributed by atoms with van der Waals surface area (Å²) in [4.78, 5) is 41.3. The highest BCUT2D eigenvalue weighted by Crippen LogP contribution is 2.27. The van der Waals surface area contributed by atoms with Crippen LogP contribution in [0.15, 0.2) is 48.5 Å². The van der Waals surface area contributed by atoms with Crippen LogP contribution in [0.4, 0.5) is 10.5 Å². The molecule has 2 aromatic carbocycles. The Hall–Kier alpha value is -3.20. The number of nitrogens with zero attached hydrogens (tertiary/aromatic N) is 1. The number of ether oxygens (including phenoxy) is 1. The van der Waals surface area contributed by atoms with Crippen LogP contribution in [0, 0.1) is 6.92 Å². The molecule has 9 heteroatoms. The first-order chi connectivity index (χ1) is 17.0. The fourth-order valence-corrected chi connectivity index (χ4v) is 3.82. The Kier molecular flexibility index (Phi) is 10.6. The van der Waals surface area contributed by atoms with Gasteiger partial charge in [-0.1, -0.05) is 43.7 Å². The predicted molar refractivity (Wildman–Crippen MR) is 144 cm³/mol. The number of carbonyl (C=O) groups excluding carboxylic acids is 3. The monoisotopic (exact) mass is 515 g/mol. The number of para-hydroxylation sites is 1. The molecule has 3 amide bonds. The number of hydrogen-bond acceptors (Lipinski definition) is 6. The number of rotatable bonds is 10. The van der Waals surface area contributed by atoms with Crippen LogP contribution >= 0.6 is 12.6 Å². The van der Waals surface area contributed by atoms with Crippen LogP contribution in [0.1, 0.15) is 57.7 Å². The zero-order valence-corrected chi connectivity index (χ0v) is 22.5. The second-order valence-electron chi connectivity index (χ2n) is 9.56. The van der Waals surface area contributed by atoms with E-state index in [0.29, 0.717) is 17.7 Å².